The molecule has 1 saturated heterocycles. The molecule has 1 unspecified atom stereocenters. The van der Waals surface area contributed by atoms with E-state index in [-0.39, 0.29) is 36.2 Å². The molecule has 3 rings (SSSR count). The second-order valence-corrected chi connectivity index (χ2v) is 7.65. The zero-order valence-corrected chi connectivity index (χ0v) is 16.4. The fourth-order valence-electron chi connectivity index (χ4n) is 3.48. The van der Waals surface area contributed by atoms with Crippen LogP contribution in [0.5, 0.6) is 0 Å². The summed E-state index contributed by atoms with van der Waals surface area (Å²) in [6.45, 7) is 5.72. The quantitative estimate of drug-likeness (QED) is 0.804. The van der Waals surface area contributed by atoms with Crippen LogP contribution in [0, 0.1) is 5.92 Å². The van der Waals surface area contributed by atoms with E-state index in [1.807, 2.05) is 50.2 Å². The number of carbonyl (C=O) groups is 3. The highest BCUT2D eigenvalue weighted by Crippen LogP contribution is 2.19. The van der Waals surface area contributed by atoms with Crippen molar-refractivity contribution in [1.82, 2.24) is 10.6 Å². The van der Waals surface area contributed by atoms with Gasteiger partial charge in [-0.25, -0.2) is 0 Å². The Kier molecular flexibility index (Phi) is 6.09. The van der Waals surface area contributed by atoms with Gasteiger partial charge < -0.3 is 15.4 Å². The maximum absolute atomic E-state index is 12.9. The van der Waals surface area contributed by atoms with Gasteiger partial charge in [0.25, 0.3) is 5.91 Å². The minimum absolute atomic E-state index is 0.00330. The molecule has 0 aromatic heterocycles. The molecule has 1 aliphatic rings. The first kappa shape index (κ1) is 20.0. The van der Waals surface area contributed by atoms with E-state index in [4.69, 9.17) is 4.74 Å². The number of Topliss-reactive ketones (excluding diaryl/α,β-unsaturated/α-hetero) is 1. The van der Waals surface area contributed by atoms with Crippen molar-refractivity contribution in [3.63, 3.8) is 0 Å². The van der Waals surface area contributed by atoms with Gasteiger partial charge in [-0.15, -0.1) is 0 Å². The monoisotopic (exact) mass is 382 g/mol. The van der Waals surface area contributed by atoms with Crippen LogP contribution < -0.4 is 10.6 Å². The van der Waals surface area contributed by atoms with Crippen molar-refractivity contribution in [2.24, 2.45) is 5.92 Å². The number of nitrogens with one attached hydrogen (secondary N) is 2. The van der Waals surface area contributed by atoms with Gasteiger partial charge in [0.15, 0.2) is 5.78 Å². The Hall–Kier alpha value is -2.73. The molecule has 0 saturated carbocycles. The first-order chi connectivity index (χ1) is 13.4. The number of rotatable bonds is 6. The van der Waals surface area contributed by atoms with E-state index in [2.05, 4.69) is 10.6 Å². The van der Waals surface area contributed by atoms with E-state index in [0.29, 0.717) is 12.0 Å². The maximum atomic E-state index is 12.9. The van der Waals surface area contributed by atoms with E-state index >= 15 is 0 Å². The summed E-state index contributed by atoms with van der Waals surface area (Å²) in [6, 6.07) is 11.7. The summed E-state index contributed by atoms with van der Waals surface area (Å²) >= 11 is 0. The number of amides is 2. The van der Waals surface area contributed by atoms with Crippen LogP contribution in [-0.2, 0) is 14.3 Å². The predicted molar refractivity (Wildman–Crippen MR) is 107 cm³/mol. The third-order valence-electron chi connectivity index (χ3n) is 4.97. The summed E-state index contributed by atoms with van der Waals surface area (Å²) in [6.07, 6.45) is 0.100. The van der Waals surface area contributed by atoms with Gasteiger partial charge in [0, 0.05) is 5.56 Å². The predicted octanol–water partition coefficient (Wildman–Crippen LogP) is 2.46. The van der Waals surface area contributed by atoms with Crippen LogP contribution in [0.3, 0.4) is 0 Å². The number of benzene rings is 2. The molecule has 2 aromatic carbocycles. The van der Waals surface area contributed by atoms with Gasteiger partial charge in [0.2, 0.25) is 5.91 Å². The van der Waals surface area contributed by atoms with Gasteiger partial charge in [-0.05, 0) is 36.1 Å². The number of hydrogen-bond acceptors (Lipinski definition) is 4. The summed E-state index contributed by atoms with van der Waals surface area (Å²) < 4.78 is 5.29. The second-order valence-electron chi connectivity index (χ2n) is 7.65. The SMILES string of the molecule is CC(C)CC(NC(=O)c1cccc2ccccc12)C(=O)N[C@@H]1C(=O)CO[C@@H]1C. The molecule has 2 aromatic rings. The van der Waals surface area contributed by atoms with E-state index in [0.717, 1.165) is 10.8 Å². The largest absolute Gasteiger partial charge is 0.368 e. The molecule has 1 fully saturated rings. The third kappa shape index (κ3) is 4.39. The van der Waals surface area contributed by atoms with Crippen LogP contribution >= 0.6 is 0 Å². The Morgan fingerprint density at radius 2 is 1.86 bits per heavy atom. The number of carbonyl (C=O) groups excluding carboxylic acids is 3. The molecule has 2 amide bonds. The average molecular weight is 382 g/mol. The van der Waals surface area contributed by atoms with Crippen molar-refractivity contribution in [3.8, 4) is 0 Å². The molecule has 6 heteroatoms. The van der Waals surface area contributed by atoms with E-state index in [1.54, 1.807) is 13.0 Å². The number of ether oxygens (including phenoxy) is 1. The minimum atomic E-state index is -0.730. The van der Waals surface area contributed by atoms with Crippen molar-refractivity contribution >= 4 is 28.4 Å². The molecule has 0 aliphatic carbocycles. The lowest BCUT2D eigenvalue weighted by Crippen LogP contribution is -2.53. The highest BCUT2D eigenvalue weighted by atomic mass is 16.5. The Balaban J connectivity index is 1.79. The first-order valence-corrected chi connectivity index (χ1v) is 9.60. The van der Waals surface area contributed by atoms with Crippen molar-refractivity contribution in [2.75, 3.05) is 6.61 Å². The van der Waals surface area contributed by atoms with Gasteiger partial charge in [0.1, 0.15) is 18.7 Å². The fraction of sp³-hybridized carbons (Fsp3) is 0.409. The second kappa shape index (κ2) is 8.52. The summed E-state index contributed by atoms with van der Waals surface area (Å²) in [7, 11) is 0. The smallest absolute Gasteiger partial charge is 0.252 e. The standard InChI is InChI=1S/C22H26N2O4/c1-13(2)11-18(22(27)24-20-14(3)28-12-19(20)25)23-21(26)17-10-6-8-15-7-4-5-9-16(15)17/h4-10,13-14,18,20H,11-12H2,1-3H3,(H,23,26)(H,24,27)/t14-,18?,20+/m1/s1. The molecule has 6 nitrogen and oxygen atoms in total. The first-order valence-electron chi connectivity index (χ1n) is 9.60. The molecular weight excluding hydrogens is 356 g/mol. The topological polar surface area (TPSA) is 84.5 Å². The van der Waals surface area contributed by atoms with Crippen molar-refractivity contribution in [2.45, 2.75) is 45.4 Å². The molecule has 0 spiro atoms. The summed E-state index contributed by atoms with van der Waals surface area (Å²) in [4.78, 5) is 37.7. The number of hydrogen-bond donors (Lipinski definition) is 2. The van der Waals surface area contributed by atoms with Crippen LogP contribution in [0.4, 0.5) is 0 Å². The fourth-order valence-corrected chi connectivity index (χ4v) is 3.48. The number of ketones is 1. The van der Waals surface area contributed by atoms with Gasteiger partial charge in [0.05, 0.1) is 6.10 Å². The van der Waals surface area contributed by atoms with E-state index in [9.17, 15) is 14.4 Å². The Labute approximate surface area is 164 Å². The minimum Gasteiger partial charge on any atom is -0.368 e. The molecule has 28 heavy (non-hydrogen) atoms. The highest BCUT2D eigenvalue weighted by Gasteiger charge is 2.35. The van der Waals surface area contributed by atoms with Crippen molar-refractivity contribution in [3.05, 3.63) is 48.0 Å². The van der Waals surface area contributed by atoms with Crippen LogP contribution in [0.15, 0.2) is 42.5 Å². The molecule has 1 aliphatic heterocycles. The van der Waals surface area contributed by atoms with Gasteiger partial charge in [-0.1, -0.05) is 50.2 Å². The lowest BCUT2D eigenvalue weighted by atomic mass is 10.00. The molecule has 0 radical (unpaired) electrons. The average Bonchev–Trinajstić information content (AvgIpc) is 2.98. The summed E-state index contributed by atoms with van der Waals surface area (Å²) in [5, 5.41) is 7.40. The maximum Gasteiger partial charge on any atom is 0.252 e. The van der Waals surface area contributed by atoms with E-state index in [1.165, 1.54) is 0 Å². The third-order valence-corrected chi connectivity index (χ3v) is 4.97. The lowest BCUT2D eigenvalue weighted by molar-refractivity contribution is -0.127. The molecule has 148 valence electrons. The lowest BCUT2D eigenvalue weighted by Gasteiger charge is -2.23. The van der Waals surface area contributed by atoms with Crippen LogP contribution in [0.2, 0.25) is 0 Å². The van der Waals surface area contributed by atoms with Crippen LogP contribution in [0.1, 0.15) is 37.6 Å². The summed E-state index contributed by atoms with van der Waals surface area (Å²) in [5.74, 6) is -0.626. The van der Waals surface area contributed by atoms with Crippen LogP contribution in [0.25, 0.3) is 10.8 Å². The molecule has 1 heterocycles. The summed E-state index contributed by atoms with van der Waals surface area (Å²) in [5.41, 5.74) is 0.522. The van der Waals surface area contributed by atoms with Gasteiger partial charge in [-0.2, -0.15) is 0 Å². The van der Waals surface area contributed by atoms with E-state index < -0.39 is 12.1 Å². The molecular formula is C22H26N2O4. The Bertz CT molecular complexity index is 888. The normalized spacial score (nSPS) is 20.4. The molecule has 3 atom stereocenters. The van der Waals surface area contributed by atoms with Crippen molar-refractivity contribution < 1.29 is 19.1 Å². The zero-order valence-electron chi connectivity index (χ0n) is 16.4. The van der Waals surface area contributed by atoms with Crippen LogP contribution in [-0.4, -0.2) is 42.4 Å². The molecule has 2 N–H and O–H groups in total. The highest BCUT2D eigenvalue weighted by molar-refractivity contribution is 6.08. The van der Waals surface area contributed by atoms with Gasteiger partial charge in [-0.3, -0.25) is 14.4 Å². The van der Waals surface area contributed by atoms with Crippen molar-refractivity contribution in [1.29, 1.82) is 0 Å². The van der Waals surface area contributed by atoms with Gasteiger partial charge >= 0.3 is 0 Å². The number of fused-ring (bicyclic) bond motifs is 1. The molecule has 0 bridgehead atoms. The zero-order chi connectivity index (χ0) is 20.3. The Morgan fingerprint density at radius 3 is 2.54 bits per heavy atom. The Morgan fingerprint density at radius 1 is 1.14 bits per heavy atom.